The molecule has 1 saturated carbocycles. The van der Waals surface area contributed by atoms with Crippen LogP contribution in [0, 0.1) is 5.92 Å². The first-order valence-corrected chi connectivity index (χ1v) is 8.23. The van der Waals surface area contributed by atoms with E-state index in [1.807, 2.05) is 39.0 Å². The Hall–Kier alpha value is -1.97. The average Bonchev–Trinajstić information content (AvgIpc) is 3.27. The Kier molecular flexibility index (Phi) is 4.09. The monoisotopic (exact) mass is 315 g/mol. The highest BCUT2D eigenvalue weighted by Gasteiger charge is 2.28. The van der Waals surface area contributed by atoms with Crippen LogP contribution < -0.4 is 4.74 Å². The number of hydrogen-bond acceptors (Lipinski definition) is 3. The summed E-state index contributed by atoms with van der Waals surface area (Å²) >= 11 is 0. The number of carbonyl (C=O) groups is 1. The van der Waals surface area contributed by atoms with Crippen LogP contribution in [-0.2, 0) is 11.3 Å². The van der Waals surface area contributed by atoms with Crippen LogP contribution in [-0.4, -0.2) is 29.7 Å². The number of benzene rings is 1. The number of hydrogen-bond donors (Lipinski definition) is 0. The molecule has 1 aliphatic heterocycles. The van der Waals surface area contributed by atoms with Gasteiger partial charge in [0.05, 0.1) is 6.61 Å². The molecule has 1 amide bonds. The van der Waals surface area contributed by atoms with Gasteiger partial charge in [0.25, 0.3) is 0 Å². The molecule has 1 aromatic carbocycles. The fourth-order valence-electron chi connectivity index (χ4n) is 2.64. The third-order valence-corrected chi connectivity index (χ3v) is 4.04. The van der Waals surface area contributed by atoms with Crippen molar-refractivity contribution in [2.24, 2.45) is 5.92 Å². The van der Waals surface area contributed by atoms with Gasteiger partial charge in [0.2, 0.25) is 0 Å². The fourth-order valence-corrected chi connectivity index (χ4v) is 2.64. The molecule has 0 bridgehead atoms. The number of rotatable bonds is 3. The Morgan fingerprint density at radius 3 is 2.70 bits per heavy atom. The van der Waals surface area contributed by atoms with Crippen LogP contribution in [0.3, 0.4) is 0 Å². The minimum Gasteiger partial charge on any atom is -0.493 e. The van der Waals surface area contributed by atoms with E-state index in [-0.39, 0.29) is 6.09 Å². The van der Waals surface area contributed by atoms with Crippen LogP contribution in [0.1, 0.15) is 44.7 Å². The second-order valence-electron chi connectivity index (χ2n) is 7.51. The predicted molar refractivity (Wildman–Crippen MR) is 90.3 cm³/mol. The molecule has 0 radical (unpaired) electrons. The SMILES string of the molecule is C=C1CN(C(=O)OC(C)(C)C)Cc2ccc(OCC3CC3)cc21. The van der Waals surface area contributed by atoms with E-state index in [0.717, 1.165) is 35.0 Å². The van der Waals surface area contributed by atoms with Crippen molar-refractivity contribution >= 4 is 11.7 Å². The zero-order valence-electron chi connectivity index (χ0n) is 14.2. The fraction of sp³-hybridized carbons (Fsp3) is 0.526. The van der Waals surface area contributed by atoms with E-state index in [1.165, 1.54) is 12.8 Å². The molecule has 0 spiro atoms. The highest BCUT2D eigenvalue weighted by atomic mass is 16.6. The summed E-state index contributed by atoms with van der Waals surface area (Å²) in [6.07, 6.45) is 2.27. The van der Waals surface area contributed by atoms with Crippen LogP contribution >= 0.6 is 0 Å². The molecule has 1 aliphatic carbocycles. The quantitative estimate of drug-likeness (QED) is 0.837. The topological polar surface area (TPSA) is 38.8 Å². The standard InChI is InChI=1S/C19H25NO3/c1-13-10-20(18(21)23-19(2,3)4)11-15-7-8-16(9-17(13)15)22-12-14-5-6-14/h7-9,14H,1,5-6,10-12H2,2-4H3. The first-order chi connectivity index (χ1) is 10.8. The molecule has 23 heavy (non-hydrogen) atoms. The maximum Gasteiger partial charge on any atom is 0.410 e. The van der Waals surface area contributed by atoms with Crippen molar-refractivity contribution in [3.63, 3.8) is 0 Å². The highest BCUT2D eigenvalue weighted by Crippen LogP contribution is 2.33. The van der Waals surface area contributed by atoms with Crippen LogP contribution in [0.25, 0.3) is 5.57 Å². The van der Waals surface area contributed by atoms with Crippen LogP contribution in [0.5, 0.6) is 5.75 Å². The van der Waals surface area contributed by atoms with E-state index >= 15 is 0 Å². The van der Waals surface area contributed by atoms with E-state index in [9.17, 15) is 4.79 Å². The second kappa shape index (κ2) is 5.91. The molecular formula is C19H25NO3. The van der Waals surface area contributed by atoms with E-state index in [1.54, 1.807) is 4.90 Å². The largest absolute Gasteiger partial charge is 0.493 e. The zero-order valence-corrected chi connectivity index (χ0v) is 14.2. The molecule has 4 nitrogen and oxygen atoms in total. The minimum atomic E-state index is -0.487. The average molecular weight is 315 g/mol. The normalized spacial score (nSPS) is 17.7. The Balaban J connectivity index is 1.70. The Morgan fingerprint density at radius 1 is 1.30 bits per heavy atom. The van der Waals surface area contributed by atoms with Gasteiger partial charge in [-0.05, 0) is 68.4 Å². The van der Waals surface area contributed by atoms with Crippen molar-refractivity contribution in [1.29, 1.82) is 0 Å². The first kappa shape index (κ1) is 15.9. The van der Waals surface area contributed by atoms with Gasteiger partial charge in [-0.2, -0.15) is 0 Å². The van der Waals surface area contributed by atoms with Crippen molar-refractivity contribution < 1.29 is 14.3 Å². The van der Waals surface area contributed by atoms with Gasteiger partial charge < -0.3 is 9.47 Å². The molecule has 1 heterocycles. The summed E-state index contributed by atoms with van der Waals surface area (Å²) in [5.41, 5.74) is 2.62. The molecule has 3 rings (SSSR count). The van der Waals surface area contributed by atoms with E-state index < -0.39 is 5.60 Å². The number of nitrogens with zero attached hydrogens (tertiary/aromatic N) is 1. The van der Waals surface area contributed by atoms with Crippen LogP contribution in [0.2, 0.25) is 0 Å². The second-order valence-corrected chi connectivity index (χ2v) is 7.51. The predicted octanol–water partition coefficient (Wildman–Crippen LogP) is 4.24. The Bertz CT molecular complexity index is 626. The summed E-state index contributed by atoms with van der Waals surface area (Å²) in [5.74, 6) is 1.62. The van der Waals surface area contributed by atoms with Crippen LogP contribution in [0.4, 0.5) is 4.79 Å². The third-order valence-electron chi connectivity index (χ3n) is 4.04. The molecule has 0 atom stereocenters. The molecule has 0 N–H and O–H groups in total. The summed E-state index contributed by atoms with van der Waals surface area (Å²) in [7, 11) is 0. The van der Waals surface area contributed by atoms with Crippen LogP contribution in [0.15, 0.2) is 24.8 Å². The number of ether oxygens (including phenoxy) is 2. The number of amides is 1. The molecule has 0 saturated heterocycles. The molecule has 124 valence electrons. The van der Waals surface area contributed by atoms with Gasteiger partial charge in [0.1, 0.15) is 11.4 Å². The number of carbonyl (C=O) groups excluding carboxylic acids is 1. The molecule has 4 heteroatoms. The van der Waals surface area contributed by atoms with Crippen molar-refractivity contribution in [1.82, 2.24) is 4.90 Å². The summed E-state index contributed by atoms with van der Waals surface area (Å²) in [4.78, 5) is 14.0. The lowest BCUT2D eigenvalue weighted by molar-refractivity contribution is 0.0255. The summed E-state index contributed by atoms with van der Waals surface area (Å²) in [5, 5.41) is 0. The summed E-state index contributed by atoms with van der Waals surface area (Å²) in [6.45, 7) is 11.6. The van der Waals surface area contributed by atoms with Crippen molar-refractivity contribution in [3.8, 4) is 5.75 Å². The van der Waals surface area contributed by atoms with Gasteiger partial charge in [-0.15, -0.1) is 0 Å². The molecule has 1 fully saturated rings. The summed E-state index contributed by atoms with van der Waals surface area (Å²) < 4.78 is 11.3. The first-order valence-electron chi connectivity index (χ1n) is 8.23. The lowest BCUT2D eigenvalue weighted by Crippen LogP contribution is -2.39. The van der Waals surface area contributed by atoms with Crippen molar-refractivity contribution in [2.75, 3.05) is 13.2 Å². The highest BCUT2D eigenvalue weighted by molar-refractivity contribution is 5.77. The molecule has 1 aromatic rings. The molecule has 2 aliphatic rings. The van der Waals surface area contributed by atoms with E-state index in [2.05, 4.69) is 6.58 Å². The van der Waals surface area contributed by atoms with Gasteiger partial charge in [-0.3, -0.25) is 4.90 Å². The molecule has 0 aromatic heterocycles. The van der Waals surface area contributed by atoms with Gasteiger partial charge in [0.15, 0.2) is 0 Å². The van der Waals surface area contributed by atoms with Gasteiger partial charge in [-0.25, -0.2) is 4.79 Å². The Labute approximate surface area is 138 Å². The van der Waals surface area contributed by atoms with Gasteiger partial charge in [-0.1, -0.05) is 12.6 Å². The van der Waals surface area contributed by atoms with Crippen molar-refractivity contribution in [3.05, 3.63) is 35.9 Å². The van der Waals surface area contributed by atoms with Crippen molar-refractivity contribution in [2.45, 2.75) is 45.8 Å². The third kappa shape index (κ3) is 4.06. The summed E-state index contributed by atoms with van der Waals surface area (Å²) in [6, 6.07) is 6.05. The Morgan fingerprint density at radius 2 is 2.04 bits per heavy atom. The van der Waals surface area contributed by atoms with E-state index in [0.29, 0.717) is 13.1 Å². The smallest absolute Gasteiger partial charge is 0.410 e. The van der Waals surface area contributed by atoms with Gasteiger partial charge in [0, 0.05) is 13.1 Å². The maximum atomic E-state index is 12.3. The van der Waals surface area contributed by atoms with Gasteiger partial charge >= 0.3 is 6.09 Å². The lowest BCUT2D eigenvalue weighted by atomic mass is 9.96. The molecule has 0 unspecified atom stereocenters. The number of fused-ring (bicyclic) bond motifs is 1. The molecular weight excluding hydrogens is 290 g/mol. The van der Waals surface area contributed by atoms with E-state index in [4.69, 9.17) is 9.47 Å². The maximum absolute atomic E-state index is 12.3. The minimum absolute atomic E-state index is 0.293. The zero-order chi connectivity index (χ0) is 16.6. The lowest BCUT2D eigenvalue weighted by Gasteiger charge is -2.32.